The lowest BCUT2D eigenvalue weighted by Gasteiger charge is -2.35. The molecule has 1 unspecified atom stereocenters. The third kappa shape index (κ3) is 3.95. The van der Waals surface area contributed by atoms with E-state index in [1.165, 1.54) is 5.56 Å². The number of hydrogen-bond acceptors (Lipinski definition) is 2. The van der Waals surface area contributed by atoms with Crippen molar-refractivity contribution < 1.29 is 4.79 Å². The molecule has 0 saturated carbocycles. The molecule has 0 bridgehead atoms. The first-order valence-corrected chi connectivity index (χ1v) is 7.33. The highest BCUT2D eigenvalue weighted by molar-refractivity contribution is 6.30. The maximum absolute atomic E-state index is 12.0. The van der Waals surface area contributed by atoms with Gasteiger partial charge in [0.2, 0.25) is 5.91 Å². The summed E-state index contributed by atoms with van der Waals surface area (Å²) in [5.41, 5.74) is 1.33. The van der Waals surface area contributed by atoms with Crippen LogP contribution < -0.4 is 0 Å². The molecule has 2 rings (SSSR count). The molecule has 104 valence electrons. The van der Waals surface area contributed by atoms with Crippen molar-refractivity contribution in [3.8, 4) is 0 Å². The zero-order chi connectivity index (χ0) is 13.7. The van der Waals surface area contributed by atoms with Gasteiger partial charge in [0.05, 0.1) is 0 Å². The number of piperazine rings is 1. The Kier molecular flexibility index (Phi) is 5.23. The lowest BCUT2D eigenvalue weighted by molar-refractivity contribution is -0.132. The van der Waals surface area contributed by atoms with Crippen molar-refractivity contribution in [2.45, 2.75) is 25.3 Å². The standard InChI is InChI=1S/C15H21ClN2O/c1-2-14(16)15(19)18-10-8-17(9-11-18)12-13-6-4-3-5-7-13/h3-7,14H,2,8-12H2,1H3. The number of benzene rings is 1. The molecule has 1 fully saturated rings. The molecule has 1 aromatic carbocycles. The Morgan fingerprint density at radius 2 is 1.84 bits per heavy atom. The molecular formula is C15H21ClN2O. The van der Waals surface area contributed by atoms with Crippen molar-refractivity contribution in [3.63, 3.8) is 0 Å². The Balaban J connectivity index is 1.81. The summed E-state index contributed by atoms with van der Waals surface area (Å²) in [7, 11) is 0. The normalized spacial score (nSPS) is 18.3. The quantitative estimate of drug-likeness (QED) is 0.791. The molecule has 3 nitrogen and oxygen atoms in total. The zero-order valence-corrected chi connectivity index (χ0v) is 12.1. The van der Waals surface area contributed by atoms with Crippen molar-refractivity contribution in [2.24, 2.45) is 0 Å². The van der Waals surface area contributed by atoms with Crippen LogP contribution in [0.25, 0.3) is 0 Å². The highest BCUT2D eigenvalue weighted by atomic mass is 35.5. The van der Waals surface area contributed by atoms with Crippen molar-refractivity contribution in [2.75, 3.05) is 26.2 Å². The molecule has 1 amide bonds. The Hall–Kier alpha value is -1.06. The number of carbonyl (C=O) groups excluding carboxylic acids is 1. The van der Waals surface area contributed by atoms with Gasteiger partial charge < -0.3 is 4.90 Å². The molecule has 1 saturated heterocycles. The molecular weight excluding hydrogens is 260 g/mol. The van der Waals surface area contributed by atoms with Crippen molar-refractivity contribution in [1.82, 2.24) is 9.80 Å². The molecule has 4 heteroatoms. The molecule has 0 N–H and O–H groups in total. The van der Waals surface area contributed by atoms with E-state index in [0.717, 1.165) is 32.7 Å². The van der Waals surface area contributed by atoms with Crippen LogP contribution in [0.1, 0.15) is 18.9 Å². The number of nitrogens with zero attached hydrogens (tertiary/aromatic N) is 2. The third-order valence-electron chi connectivity index (χ3n) is 3.56. The van der Waals surface area contributed by atoms with Crippen LogP contribution in [0.4, 0.5) is 0 Å². The summed E-state index contributed by atoms with van der Waals surface area (Å²) in [6, 6.07) is 10.4. The molecule has 1 heterocycles. The summed E-state index contributed by atoms with van der Waals surface area (Å²) in [6.07, 6.45) is 0.699. The number of hydrogen-bond donors (Lipinski definition) is 0. The maximum Gasteiger partial charge on any atom is 0.240 e. The van der Waals surface area contributed by atoms with E-state index in [9.17, 15) is 4.79 Å². The molecule has 1 aromatic rings. The average molecular weight is 281 g/mol. The first kappa shape index (κ1) is 14.4. The Morgan fingerprint density at radius 3 is 2.42 bits per heavy atom. The van der Waals surface area contributed by atoms with E-state index in [-0.39, 0.29) is 11.3 Å². The van der Waals surface area contributed by atoms with Crippen LogP contribution in [-0.4, -0.2) is 47.3 Å². The van der Waals surface area contributed by atoms with Crippen LogP contribution in [0.2, 0.25) is 0 Å². The van der Waals surface area contributed by atoms with Gasteiger partial charge in [0.25, 0.3) is 0 Å². The SMILES string of the molecule is CCC(Cl)C(=O)N1CCN(Cc2ccccc2)CC1. The first-order chi connectivity index (χ1) is 9.20. The van der Waals surface area contributed by atoms with Gasteiger partial charge in [0.1, 0.15) is 5.38 Å². The fourth-order valence-corrected chi connectivity index (χ4v) is 2.48. The summed E-state index contributed by atoms with van der Waals surface area (Å²) in [4.78, 5) is 16.2. The summed E-state index contributed by atoms with van der Waals surface area (Å²) in [5.74, 6) is 0.0866. The van der Waals surface area contributed by atoms with E-state index >= 15 is 0 Å². The fraction of sp³-hybridized carbons (Fsp3) is 0.533. The highest BCUT2D eigenvalue weighted by Gasteiger charge is 2.24. The van der Waals surface area contributed by atoms with E-state index in [1.807, 2.05) is 17.9 Å². The van der Waals surface area contributed by atoms with E-state index in [0.29, 0.717) is 6.42 Å². The topological polar surface area (TPSA) is 23.6 Å². The molecule has 1 aliphatic rings. The van der Waals surface area contributed by atoms with Crippen molar-refractivity contribution in [1.29, 1.82) is 0 Å². The van der Waals surface area contributed by atoms with Crippen LogP contribution in [0.5, 0.6) is 0 Å². The summed E-state index contributed by atoms with van der Waals surface area (Å²) >= 11 is 6.01. The Morgan fingerprint density at radius 1 is 1.21 bits per heavy atom. The van der Waals surface area contributed by atoms with Gasteiger partial charge in [-0.2, -0.15) is 0 Å². The number of alkyl halides is 1. The van der Waals surface area contributed by atoms with Crippen LogP contribution in [0.3, 0.4) is 0 Å². The Bertz CT molecular complexity index is 402. The van der Waals surface area contributed by atoms with Gasteiger partial charge in [-0.15, -0.1) is 11.6 Å². The van der Waals surface area contributed by atoms with Gasteiger partial charge in [0.15, 0.2) is 0 Å². The van der Waals surface area contributed by atoms with Gasteiger partial charge >= 0.3 is 0 Å². The van der Waals surface area contributed by atoms with Gasteiger partial charge in [-0.3, -0.25) is 9.69 Å². The minimum Gasteiger partial charge on any atom is -0.339 e. The molecule has 1 aliphatic heterocycles. The number of amides is 1. The van der Waals surface area contributed by atoms with Gasteiger partial charge in [-0.1, -0.05) is 37.3 Å². The number of rotatable bonds is 4. The van der Waals surface area contributed by atoms with Crippen molar-refractivity contribution >= 4 is 17.5 Å². The van der Waals surface area contributed by atoms with E-state index in [2.05, 4.69) is 29.2 Å². The number of carbonyl (C=O) groups is 1. The maximum atomic E-state index is 12.0. The smallest absolute Gasteiger partial charge is 0.240 e. The lowest BCUT2D eigenvalue weighted by atomic mass is 10.2. The van der Waals surface area contributed by atoms with Gasteiger partial charge in [0, 0.05) is 32.7 Å². The summed E-state index contributed by atoms with van der Waals surface area (Å²) < 4.78 is 0. The monoisotopic (exact) mass is 280 g/mol. The van der Waals surface area contributed by atoms with Crippen molar-refractivity contribution in [3.05, 3.63) is 35.9 Å². The lowest BCUT2D eigenvalue weighted by Crippen LogP contribution is -2.50. The first-order valence-electron chi connectivity index (χ1n) is 6.90. The summed E-state index contributed by atoms with van der Waals surface area (Å²) in [6.45, 7) is 6.33. The third-order valence-corrected chi connectivity index (χ3v) is 4.05. The molecule has 0 spiro atoms. The predicted molar refractivity (Wildman–Crippen MR) is 78.2 cm³/mol. The van der Waals surface area contributed by atoms with Crippen LogP contribution in [-0.2, 0) is 11.3 Å². The minimum absolute atomic E-state index is 0.0866. The molecule has 0 aromatic heterocycles. The second kappa shape index (κ2) is 6.92. The second-order valence-corrected chi connectivity index (χ2v) is 5.49. The van der Waals surface area contributed by atoms with E-state index < -0.39 is 0 Å². The predicted octanol–water partition coefficient (Wildman–Crippen LogP) is 2.35. The molecule has 1 atom stereocenters. The van der Waals surface area contributed by atoms with E-state index in [1.54, 1.807) is 0 Å². The fourth-order valence-electron chi connectivity index (χ4n) is 2.34. The van der Waals surface area contributed by atoms with E-state index in [4.69, 9.17) is 11.6 Å². The second-order valence-electron chi connectivity index (χ2n) is 4.96. The Labute approximate surface area is 120 Å². The minimum atomic E-state index is -0.360. The summed E-state index contributed by atoms with van der Waals surface area (Å²) in [5, 5.41) is -0.360. The molecule has 0 aliphatic carbocycles. The largest absolute Gasteiger partial charge is 0.339 e. The van der Waals surface area contributed by atoms with Gasteiger partial charge in [-0.05, 0) is 12.0 Å². The molecule has 0 radical (unpaired) electrons. The van der Waals surface area contributed by atoms with Gasteiger partial charge in [-0.25, -0.2) is 0 Å². The highest BCUT2D eigenvalue weighted by Crippen LogP contribution is 2.12. The number of halogens is 1. The van der Waals surface area contributed by atoms with Crippen LogP contribution in [0, 0.1) is 0 Å². The molecule has 19 heavy (non-hydrogen) atoms. The average Bonchev–Trinajstić information content (AvgIpc) is 2.47. The zero-order valence-electron chi connectivity index (χ0n) is 11.4. The van der Waals surface area contributed by atoms with Crippen LogP contribution in [0.15, 0.2) is 30.3 Å². The van der Waals surface area contributed by atoms with Crippen LogP contribution >= 0.6 is 11.6 Å².